The van der Waals surface area contributed by atoms with Crippen LogP contribution in [-0.4, -0.2) is 29.3 Å². The van der Waals surface area contributed by atoms with Crippen LogP contribution in [0, 0.1) is 0 Å². The number of Topliss-reactive ketones (excluding diaryl/α,β-unsaturated/α-hetero) is 1. The van der Waals surface area contributed by atoms with E-state index in [1.807, 2.05) is 6.92 Å². The van der Waals surface area contributed by atoms with Gasteiger partial charge in [-0.25, -0.2) is 0 Å². The molecule has 0 amide bonds. The van der Waals surface area contributed by atoms with Crippen molar-refractivity contribution in [2.24, 2.45) is 0 Å². The van der Waals surface area contributed by atoms with Crippen LogP contribution in [0.3, 0.4) is 0 Å². The van der Waals surface area contributed by atoms with Gasteiger partial charge in [-0.3, -0.25) is 9.69 Å². The first-order chi connectivity index (χ1) is 9.29. The third kappa shape index (κ3) is 4.59. The first kappa shape index (κ1) is 15.0. The van der Waals surface area contributed by atoms with Crippen molar-refractivity contribution in [1.29, 1.82) is 0 Å². The maximum absolute atomic E-state index is 12.0. The molecule has 2 aliphatic rings. The second kappa shape index (κ2) is 8.04. The van der Waals surface area contributed by atoms with Gasteiger partial charge in [-0.05, 0) is 39.2 Å². The molecular formula is C17H31NO. The summed E-state index contributed by atoms with van der Waals surface area (Å²) in [5.74, 6) is 0.406. The van der Waals surface area contributed by atoms with Crippen LogP contribution in [0.4, 0.5) is 0 Å². The van der Waals surface area contributed by atoms with Crippen LogP contribution in [0.2, 0.25) is 0 Å². The van der Waals surface area contributed by atoms with E-state index in [9.17, 15) is 4.79 Å². The van der Waals surface area contributed by atoms with Crippen LogP contribution < -0.4 is 0 Å². The molecule has 1 atom stereocenters. The monoisotopic (exact) mass is 265 g/mol. The Morgan fingerprint density at radius 3 is 1.95 bits per heavy atom. The molecule has 1 aliphatic heterocycles. The Morgan fingerprint density at radius 1 is 0.789 bits per heavy atom. The summed E-state index contributed by atoms with van der Waals surface area (Å²) in [5.41, 5.74) is 0. The molecule has 0 N–H and O–H groups in total. The standard InChI is InChI=1S/C17H31NO/c1-15(19)17-13-9-5-6-10-14-18(17)16-11-7-3-2-4-8-12-16/h16-17H,2-14H2,1H3. The van der Waals surface area contributed by atoms with Gasteiger partial charge in [0.25, 0.3) is 0 Å². The molecule has 0 radical (unpaired) electrons. The summed E-state index contributed by atoms with van der Waals surface area (Å²) in [4.78, 5) is 14.6. The summed E-state index contributed by atoms with van der Waals surface area (Å²) in [6.45, 7) is 2.97. The molecule has 2 nitrogen and oxygen atoms in total. The molecule has 1 unspecified atom stereocenters. The number of hydrogen-bond acceptors (Lipinski definition) is 2. The Kier molecular flexibility index (Phi) is 6.36. The van der Waals surface area contributed by atoms with Crippen LogP contribution in [-0.2, 0) is 4.79 Å². The van der Waals surface area contributed by atoms with Gasteiger partial charge in [0.2, 0.25) is 0 Å². The summed E-state index contributed by atoms with van der Waals surface area (Å²) in [6, 6.07) is 0.914. The highest BCUT2D eigenvalue weighted by molar-refractivity contribution is 5.81. The first-order valence-corrected chi connectivity index (χ1v) is 8.55. The van der Waals surface area contributed by atoms with Gasteiger partial charge in [0.15, 0.2) is 0 Å². The maximum Gasteiger partial charge on any atom is 0.146 e. The van der Waals surface area contributed by atoms with Gasteiger partial charge in [-0.15, -0.1) is 0 Å². The van der Waals surface area contributed by atoms with Crippen LogP contribution in [0.15, 0.2) is 0 Å². The summed E-state index contributed by atoms with van der Waals surface area (Å²) in [6.07, 6.45) is 15.9. The molecule has 0 aromatic carbocycles. The van der Waals surface area contributed by atoms with Crippen LogP contribution >= 0.6 is 0 Å². The number of carbonyl (C=O) groups excluding carboxylic acids is 1. The Morgan fingerprint density at radius 2 is 1.32 bits per heavy atom. The normalized spacial score (nSPS) is 29.0. The Balaban J connectivity index is 2.03. The molecule has 0 aromatic rings. The van der Waals surface area contributed by atoms with Crippen LogP contribution in [0.25, 0.3) is 0 Å². The van der Waals surface area contributed by atoms with Gasteiger partial charge in [0.1, 0.15) is 5.78 Å². The molecule has 0 spiro atoms. The SMILES string of the molecule is CC(=O)C1CCCCCCN1C1CCCCCCC1. The minimum atomic E-state index is 0.227. The number of hydrogen-bond donors (Lipinski definition) is 0. The van der Waals surface area contributed by atoms with Crippen molar-refractivity contribution in [2.75, 3.05) is 6.54 Å². The van der Waals surface area contributed by atoms with Gasteiger partial charge in [-0.1, -0.05) is 51.4 Å². The Hall–Kier alpha value is -0.370. The second-order valence-corrected chi connectivity index (χ2v) is 6.57. The average molecular weight is 265 g/mol. The minimum absolute atomic E-state index is 0.227. The van der Waals surface area contributed by atoms with E-state index in [1.165, 1.54) is 70.6 Å². The summed E-state index contributed by atoms with van der Waals surface area (Å²) < 4.78 is 0. The smallest absolute Gasteiger partial charge is 0.146 e. The van der Waals surface area contributed by atoms with Crippen molar-refractivity contribution in [3.8, 4) is 0 Å². The Labute approximate surface area is 118 Å². The number of rotatable bonds is 2. The zero-order chi connectivity index (χ0) is 13.5. The lowest BCUT2D eigenvalue weighted by Gasteiger charge is -2.39. The van der Waals surface area contributed by atoms with Gasteiger partial charge in [0.05, 0.1) is 6.04 Å². The highest BCUT2D eigenvalue weighted by Crippen LogP contribution is 2.27. The van der Waals surface area contributed by atoms with E-state index in [1.54, 1.807) is 0 Å². The predicted molar refractivity (Wildman–Crippen MR) is 80.4 cm³/mol. The first-order valence-electron chi connectivity index (χ1n) is 8.55. The molecule has 1 saturated carbocycles. The summed E-state index contributed by atoms with van der Waals surface area (Å²) in [7, 11) is 0. The molecule has 2 heteroatoms. The fourth-order valence-electron chi connectivity index (χ4n) is 3.95. The van der Waals surface area contributed by atoms with Crippen molar-refractivity contribution in [1.82, 2.24) is 4.90 Å². The van der Waals surface area contributed by atoms with Crippen molar-refractivity contribution in [2.45, 2.75) is 96.1 Å². The molecule has 1 aliphatic carbocycles. The Bertz CT molecular complexity index is 268. The average Bonchev–Trinajstić information content (AvgIpc) is 2.29. The number of carbonyl (C=O) groups is 1. The van der Waals surface area contributed by atoms with Gasteiger partial charge in [-0.2, -0.15) is 0 Å². The largest absolute Gasteiger partial charge is 0.298 e. The van der Waals surface area contributed by atoms with Crippen molar-refractivity contribution in [3.63, 3.8) is 0 Å². The van der Waals surface area contributed by atoms with Crippen LogP contribution in [0.1, 0.15) is 84.0 Å². The zero-order valence-corrected chi connectivity index (χ0v) is 12.7. The zero-order valence-electron chi connectivity index (χ0n) is 12.7. The predicted octanol–water partition coefficient (Wildman–Crippen LogP) is 4.32. The molecule has 2 fully saturated rings. The number of ketones is 1. The van der Waals surface area contributed by atoms with E-state index in [0.29, 0.717) is 11.8 Å². The number of likely N-dealkylation sites (tertiary alicyclic amines) is 1. The van der Waals surface area contributed by atoms with E-state index >= 15 is 0 Å². The van der Waals surface area contributed by atoms with Crippen LogP contribution in [0.5, 0.6) is 0 Å². The highest BCUT2D eigenvalue weighted by Gasteiger charge is 2.29. The molecule has 19 heavy (non-hydrogen) atoms. The highest BCUT2D eigenvalue weighted by atomic mass is 16.1. The van der Waals surface area contributed by atoms with Gasteiger partial charge >= 0.3 is 0 Å². The third-order valence-electron chi connectivity index (χ3n) is 5.06. The van der Waals surface area contributed by atoms with Crippen molar-refractivity contribution < 1.29 is 4.79 Å². The van der Waals surface area contributed by atoms with E-state index in [2.05, 4.69) is 4.90 Å². The van der Waals surface area contributed by atoms with Crippen molar-refractivity contribution in [3.05, 3.63) is 0 Å². The van der Waals surface area contributed by atoms with Gasteiger partial charge in [0, 0.05) is 6.04 Å². The fraction of sp³-hybridized carbons (Fsp3) is 0.941. The number of nitrogens with zero attached hydrogens (tertiary/aromatic N) is 1. The van der Waals surface area contributed by atoms with E-state index < -0.39 is 0 Å². The lowest BCUT2D eigenvalue weighted by molar-refractivity contribution is -0.124. The summed E-state index contributed by atoms with van der Waals surface area (Å²) >= 11 is 0. The molecular weight excluding hydrogens is 234 g/mol. The fourth-order valence-corrected chi connectivity index (χ4v) is 3.95. The molecule has 110 valence electrons. The third-order valence-corrected chi connectivity index (χ3v) is 5.06. The molecule has 2 rings (SSSR count). The van der Waals surface area contributed by atoms with E-state index in [0.717, 1.165) is 13.0 Å². The second-order valence-electron chi connectivity index (χ2n) is 6.57. The minimum Gasteiger partial charge on any atom is -0.298 e. The molecule has 1 saturated heterocycles. The molecule has 1 heterocycles. The van der Waals surface area contributed by atoms with Crippen molar-refractivity contribution >= 4 is 5.78 Å². The molecule has 0 bridgehead atoms. The maximum atomic E-state index is 12.0. The molecule has 0 aromatic heterocycles. The topological polar surface area (TPSA) is 20.3 Å². The lowest BCUT2D eigenvalue weighted by atomic mass is 9.91. The van der Waals surface area contributed by atoms with E-state index in [-0.39, 0.29) is 6.04 Å². The van der Waals surface area contributed by atoms with E-state index in [4.69, 9.17) is 0 Å². The lowest BCUT2D eigenvalue weighted by Crippen LogP contribution is -2.48. The quantitative estimate of drug-likeness (QED) is 0.741. The van der Waals surface area contributed by atoms with Gasteiger partial charge < -0.3 is 0 Å². The summed E-state index contributed by atoms with van der Waals surface area (Å²) in [5, 5.41) is 0.